The lowest BCUT2D eigenvalue weighted by molar-refractivity contribution is 0.354. The van der Waals surface area contributed by atoms with Gasteiger partial charge < -0.3 is 4.74 Å². The molecule has 22 heavy (non-hydrogen) atoms. The molecule has 0 saturated carbocycles. The van der Waals surface area contributed by atoms with Crippen LogP contribution in [-0.4, -0.2) is 30.3 Å². The number of aromatic nitrogens is 3. The first kappa shape index (κ1) is 16.4. The minimum Gasteiger partial charge on any atom is -0.467 e. The fourth-order valence-corrected chi connectivity index (χ4v) is 3.34. The molecule has 7 nitrogen and oxygen atoms in total. The molecule has 8 heteroatoms. The molecule has 1 aromatic carbocycles. The van der Waals surface area contributed by atoms with Crippen molar-refractivity contribution in [2.24, 2.45) is 0 Å². The molecule has 1 atom stereocenters. The first-order valence-electron chi connectivity index (χ1n) is 6.95. The monoisotopic (exact) mass is 324 g/mol. The van der Waals surface area contributed by atoms with E-state index in [4.69, 9.17) is 4.74 Å². The Kier molecular flexibility index (Phi) is 4.82. The van der Waals surface area contributed by atoms with Crippen LogP contribution in [-0.2, 0) is 16.6 Å². The Morgan fingerprint density at radius 2 is 1.91 bits per heavy atom. The van der Waals surface area contributed by atoms with Gasteiger partial charge in [-0.15, -0.1) is 5.10 Å². The number of ether oxygens (including phenoxy) is 1. The molecule has 0 radical (unpaired) electrons. The van der Waals surface area contributed by atoms with Gasteiger partial charge in [0.25, 0.3) is 0 Å². The summed E-state index contributed by atoms with van der Waals surface area (Å²) >= 11 is 0. The number of hydrogen-bond acceptors (Lipinski definition) is 5. The molecule has 2 aromatic rings. The highest BCUT2D eigenvalue weighted by Gasteiger charge is 2.23. The van der Waals surface area contributed by atoms with Gasteiger partial charge >= 0.3 is 6.01 Å². The van der Waals surface area contributed by atoms with Gasteiger partial charge in [0.2, 0.25) is 10.0 Å². The Hall–Kier alpha value is -1.93. The van der Waals surface area contributed by atoms with E-state index in [2.05, 4.69) is 14.9 Å². The van der Waals surface area contributed by atoms with Gasteiger partial charge in [-0.3, -0.25) is 4.57 Å². The number of nitrogens with one attached hydrogen (secondary N) is 1. The quantitative estimate of drug-likeness (QED) is 0.873. The molecule has 0 amide bonds. The second kappa shape index (κ2) is 6.45. The SMILES string of the molecule is CCn1c(OC)nnc1[C@@H](C)NS(=O)(=O)c1ccc(C)cc1. The van der Waals surface area contributed by atoms with Crippen molar-refractivity contribution >= 4 is 10.0 Å². The van der Waals surface area contributed by atoms with Gasteiger partial charge in [-0.1, -0.05) is 22.8 Å². The molecule has 1 aromatic heterocycles. The van der Waals surface area contributed by atoms with E-state index in [0.29, 0.717) is 18.4 Å². The Morgan fingerprint density at radius 1 is 1.27 bits per heavy atom. The maximum Gasteiger partial charge on any atom is 0.316 e. The molecule has 2 rings (SSSR count). The fraction of sp³-hybridized carbons (Fsp3) is 0.429. The molecule has 120 valence electrons. The molecule has 0 saturated heterocycles. The summed E-state index contributed by atoms with van der Waals surface area (Å²) < 4.78 is 34.3. The van der Waals surface area contributed by atoms with Gasteiger partial charge in [0, 0.05) is 6.54 Å². The molecule has 0 aliphatic rings. The minimum absolute atomic E-state index is 0.222. The molecule has 1 N–H and O–H groups in total. The van der Waals surface area contributed by atoms with E-state index in [-0.39, 0.29) is 4.90 Å². The van der Waals surface area contributed by atoms with Crippen LogP contribution >= 0.6 is 0 Å². The zero-order chi connectivity index (χ0) is 16.3. The lowest BCUT2D eigenvalue weighted by atomic mass is 10.2. The number of aryl methyl sites for hydroxylation is 1. The summed E-state index contributed by atoms with van der Waals surface area (Å²) in [6.45, 7) is 6.13. The highest BCUT2D eigenvalue weighted by atomic mass is 32.2. The van der Waals surface area contributed by atoms with Crippen LogP contribution < -0.4 is 9.46 Å². The average molecular weight is 324 g/mol. The van der Waals surface area contributed by atoms with Crippen molar-refractivity contribution < 1.29 is 13.2 Å². The van der Waals surface area contributed by atoms with E-state index < -0.39 is 16.1 Å². The fourth-order valence-electron chi connectivity index (χ4n) is 2.14. The number of sulfonamides is 1. The summed E-state index contributed by atoms with van der Waals surface area (Å²) in [6.07, 6.45) is 0. The summed E-state index contributed by atoms with van der Waals surface area (Å²) in [7, 11) is -2.12. The molecule has 0 aliphatic heterocycles. The zero-order valence-corrected chi connectivity index (χ0v) is 13.9. The van der Waals surface area contributed by atoms with E-state index >= 15 is 0 Å². The van der Waals surface area contributed by atoms with Crippen LogP contribution in [0, 0.1) is 6.92 Å². The third-order valence-corrected chi connectivity index (χ3v) is 4.85. The number of methoxy groups -OCH3 is 1. The highest BCUT2D eigenvalue weighted by molar-refractivity contribution is 7.89. The van der Waals surface area contributed by atoms with Crippen LogP contribution in [0.1, 0.15) is 31.3 Å². The third-order valence-electron chi connectivity index (χ3n) is 3.29. The molecular weight excluding hydrogens is 304 g/mol. The van der Waals surface area contributed by atoms with E-state index in [9.17, 15) is 8.42 Å². The number of nitrogens with zero attached hydrogens (tertiary/aromatic N) is 3. The predicted molar refractivity (Wildman–Crippen MR) is 82.2 cm³/mol. The second-order valence-corrected chi connectivity index (χ2v) is 6.66. The Labute approximate surface area is 130 Å². The van der Waals surface area contributed by atoms with Crippen molar-refractivity contribution in [1.82, 2.24) is 19.5 Å². The summed E-state index contributed by atoms with van der Waals surface area (Å²) in [6, 6.07) is 6.51. The first-order chi connectivity index (χ1) is 10.4. The number of benzene rings is 1. The second-order valence-electron chi connectivity index (χ2n) is 4.95. The van der Waals surface area contributed by atoms with Gasteiger partial charge in [0.15, 0.2) is 5.82 Å². The van der Waals surface area contributed by atoms with Crippen molar-refractivity contribution in [1.29, 1.82) is 0 Å². The Bertz CT molecular complexity index is 738. The van der Waals surface area contributed by atoms with E-state index in [1.165, 1.54) is 7.11 Å². The van der Waals surface area contributed by atoms with Crippen LogP contribution in [0.2, 0.25) is 0 Å². The van der Waals surface area contributed by atoms with Gasteiger partial charge in [-0.2, -0.15) is 0 Å². The molecule has 0 bridgehead atoms. The summed E-state index contributed by atoms with van der Waals surface area (Å²) in [4.78, 5) is 0.222. The van der Waals surface area contributed by atoms with Crippen molar-refractivity contribution in [3.05, 3.63) is 35.7 Å². The summed E-state index contributed by atoms with van der Waals surface area (Å²) in [5, 5.41) is 7.91. The zero-order valence-electron chi connectivity index (χ0n) is 13.1. The van der Waals surface area contributed by atoms with Gasteiger partial charge in [0.05, 0.1) is 18.0 Å². The van der Waals surface area contributed by atoms with Crippen LogP contribution in [0.4, 0.5) is 0 Å². The normalized spacial score (nSPS) is 13.1. The standard InChI is InChI=1S/C14H20N4O3S/c1-5-18-13(15-16-14(18)21-4)11(3)17-22(19,20)12-8-6-10(2)7-9-12/h6-9,11,17H,5H2,1-4H3/t11-/m1/s1. The topological polar surface area (TPSA) is 86.1 Å². The summed E-state index contributed by atoms with van der Waals surface area (Å²) in [5.74, 6) is 0.509. The van der Waals surface area contributed by atoms with Crippen LogP contribution in [0.25, 0.3) is 0 Å². The van der Waals surface area contributed by atoms with E-state index in [1.54, 1.807) is 35.8 Å². The average Bonchev–Trinajstić information content (AvgIpc) is 2.90. The maximum atomic E-state index is 12.4. The smallest absolute Gasteiger partial charge is 0.316 e. The van der Waals surface area contributed by atoms with E-state index in [1.807, 2.05) is 13.8 Å². The lowest BCUT2D eigenvalue weighted by Crippen LogP contribution is -2.29. The number of hydrogen-bond donors (Lipinski definition) is 1. The third kappa shape index (κ3) is 3.28. The number of rotatable bonds is 6. The molecule has 0 aliphatic carbocycles. The van der Waals surface area contributed by atoms with Crippen LogP contribution in [0.3, 0.4) is 0 Å². The van der Waals surface area contributed by atoms with Crippen molar-refractivity contribution in [2.75, 3.05) is 7.11 Å². The van der Waals surface area contributed by atoms with Crippen molar-refractivity contribution in [3.63, 3.8) is 0 Å². The van der Waals surface area contributed by atoms with Crippen molar-refractivity contribution in [3.8, 4) is 6.01 Å². The predicted octanol–water partition coefficient (Wildman–Crippen LogP) is 1.65. The Balaban J connectivity index is 2.26. The van der Waals surface area contributed by atoms with Gasteiger partial charge in [-0.25, -0.2) is 13.1 Å². The highest BCUT2D eigenvalue weighted by Crippen LogP contribution is 2.19. The van der Waals surface area contributed by atoms with Crippen LogP contribution in [0.5, 0.6) is 6.01 Å². The lowest BCUT2D eigenvalue weighted by Gasteiger charge is -2.15. The Morgan fingerprint density at radius 3 is 2.45 bits per heavy atom. The van der Waals surface area contributed by atoms with Gasteiger partial charge in [0.1, 0.15) is 0 Å². The van der Waals surface area contributed by atoms with Crippen molar-refractivity contribution in [2.45, 2.75) is 38.3 Å². The molecule has 0 spiro atoms. The summed E-state index contributed by atoms with van der Waals surface area (Å²) in [5.41, 5.74) is 1.00. The molecular formula is C14H20N4O3S. The first-order valence-corrected chi connectivity index (χ1v) is 8.43. The molecule has 0 unspecified atom stereocenters. The van der Waals surface area contributed by atoms with E-state index in [0.717, 1.165) is 5.56 Å². The molecule has 1 heterocycles. The van der Waals surface area contributed by atoms with Crippen LogP contribution in [0.15, 0.2) is 29.2 Å². The minimum atomic E-state index is -3.62. The largest absolute Gasteiger partial charge is 0.467 e. The van der Waals surface area contributed by atoms with Gasteiger partial charge in [-0.05, 0) is 32.9 Å². The maximum absolute atomic E-state index is 12.4. The molecule has 0 fully saturated rings.